The number of aryl methyl sites for hydroxylation is 1. The molecule has 0 saturated heterocycles. The highest BCUT2D eigenvalue weighted by Crippen LogP contribution is 2.31. The molecule has 0 fully saturated rings. The summed E-state index contributed by atoms with van der Waals surface area (Å²) in [7, 11) is 0. The fourth-order valence-corrected chi connectivity index (χ4v) is 2.56. The number of hydrogen-bond acceptors (Lipinski definition) is 4. The van der Waals surface area contributed by atoms with Gasteiger partial charge in [0.15, 0.2) is 6.10 Å². The maximum Gasteiger partial charge on any atom is 0.338 e. The molecule has 1 aliphatic heterocycles. The van der Waals surface area contributed by atoms with Gasteiger partial charge in [-0.15, -0.1) is 0 Å². The number of hydrogen-bond donors (Lipinski definition) is 1. The molecule has 0 radical (unpaired) electrons. The van der Waals surface area contributed by atoms with E-state index in [9.17, 15) is 9.90 Å². The van der Waals surface area contributed by atoms with Crippen LogP contribution in [0.5, 0.6) is 5.75 Å². The molecule has 1 heterocycles. The van der Waals surface area contributed by atoms with Crippen molar-refractivity contribution < 1.29 is 19.4 Å². The normalized spacial score (nSPS) is 18.9. The average molecular weight is 343 g/mol. The Balaban J connectivity index is 1.94. The lowest BCUT2D eigenvalue weighted by atomic mass is 9.99. The minimum Gasteiger partial charge on any atom is -0.487 e. The van der Waals surface area contributed by atoms with Crippen LogP contribution in [0.1, 0.15) is 31.7 Å². The number of ether oxygens (including phenoxy) is 2. The van der Waals surface area contributed by atoms with Gasteiger partial charge in [-0.3, -0.25) is 0 Å². The molecule has 110 valence electrons. The number of fused-ring (bicyclic) bond motifs is 1. The first-order valence-electron chi connectivity index (χ1n) is 6.91. The number of aliphatic hydroxyl groups excluding tert-OH is 1. The lowest BCUT2D eigenvalue weighted by molar-refractivity contribution is -0.159. The molecule has 1 N–H and O–H groups in total. The van der Waals surface area contributed by atoms with Crippen molar-refractivity contribution in [3.63, 3.8) is 0 Å². The Hall–Kier alpha value is -1.07. The standard InChI is InChI=1S/C15H19BrO4/c1-2-3-8-19-15(18)14(17)13-6-4-10-9-11(16)5-7-12(10)20-13/h5,7,9,13-14,17H,2-4,6,8H2,1H3. The van der Waals surface area contributed by atoms with Crippen LogP contribution in [0, 0.1) is 0 Å². The third-order valence-electron chi connectivity index (χ3n) is 3.33. The molecule has 0 amide bonds. The third-order valence-corrected chi connectivity index (χ3v) is 3.83. The van der Waals surface area contributed by atoms with E-state index in [1.807, 2.05) is 25.1 Å². The summed E-state index contributed by atoms with van der Waals surface area (Å²) in [5.41, 5.74) is 1.09. The summed E-state index contributed by atoms with van der Waals surface area (Å²) in [4.78, 5) is 11.7. The predicted octanol–water partition coefficient (Wildman–Crippen LogP) is 2.85. The van der Waals surface area contributed by atoms with Gasteiger partial charge in [0.25, 0.3) is 0 Å². The molecule has 0 aliphatic carbocycles. The SMILES string of the molecule is CCCCOC(=O)C(O)C1CCc2cc(Br)ccc2O1. The van der Waals surface area contributed by atoms with Crippen LogP contribution in [-0.2, 0) is 16.0 Å². The quantitative estimate of drug-likeness (QED) is 0.660. The summed E-state index contributed by atoms with van der Waals surface area (Å²) in [6.07, 6.45) is 1.39. The second-order valence-corrected chi connectivity index (χ2v) is 5.83. The van der Waals surface area contributed by atoms with Gasteiger partial charge in [0.1, 0.15) is 11.9 Å². The largest absolute Gasteiger partial charge is 0.487 e. The predicted molar refractivity (Wildman–Crippen MR) is 78.8 cm³/mol. The molecule has 20 heavy (non-hydrogen) atoms. The molecule has 2 unspecified atom stereocenters. The van der Waals surface area contributed by atoms with E-state index in [0.29, 0.717) is 13.0 Å². The van der Waals surface area contributed by atoms with E-state index in [1.165, 1.54) is 0 Å². The summed E-state index contributed by atoms with van der Waals surface area (Å²) in [5.74, 6) is 0.133. The van der Waals surface area contributed by atoms with Crippen molar-refractivity contribution in [3.05, 3.63) is 28.2 Å². The first-order chi connectivity index (χ1) is 9.61. The van der Waals surface area contributed by atoms with Gasteiger partial charge < -0.3 is 14.6 Å². The minimum absolute atomic E-state index is 0.350. The third kappa shape index (κ3) is 3.73. The van der Waals surface area contributed by atoms with Gasteiger partial charge in [-0.2, -0.15) is 0 Å². The van der Waals surface area contributed by atoms with Crippen LogP contribution >= 0.6 is 15.9 Å². The first kappa shape index (κ1) is 15.3. The maximum absolute atomic E-state index is 11.7. The van der Waals surface area contributed by atoms with Crippen molar-refractivity contribution in [3.8, 4) is 5.75 Å². The van der Waals surface area contributed by atoms with Crippen LogP contribution in [0.2, 0.25) is 0 Å². The van der Waals surface area contributed by atoms with Crippen molar-refractivity contribution in [2.75, 3.05) is 6.61 Å². The van der Waals surface area contributed by atoms with E-state index in [4.69, 9.17) is 9.47 Å². The highest BCUT2D eigenvalue weighted by Gasteiger charge is 2.32. The number of carbonyl (C=O) groups is 1. The molecular formula is C15H19BrO4. The Morgan fingerprint density at radius 2 is 2.40 bits per heavy atom. The first-order valence-corrected chi connectivity index (χ1v) is 7.71. The van der Waals surface area contributed by atoms with Gasteiger partial charge in [-0.05, 0) is 43.0 Å². The lowest BCUT2D eigenvalue weighted by Crippen LogP contribution is -2.41. The zero-order valence-corrected chi connectivity index (χ0v) is 13.1. The number of esters is 1. The van der Waals surface area contributed by atoms with E-state index < -0.39 is 18.2 Å². The van der Waals surface area contributed by atoms with Gasteiger partial charge in [-0.1, -0.05) is 29.3 Å². The number of rotatable bonds is 5. The van der Waals surface area contributed by atoms with Crippen molar-refractivity contribution >= 4 is 21.9 Å². The van der Waals surface area contributed by atoms with Crippen LogP contribution in [0.15, 0.2) is 22.7 Å². The highest BCUT2D eigenvalue weighted by atomic mass is 79.9. The molecule has 1 aromatic carbocycles. The Morgan fingerprint density at radius 3 is 3.15 bits per heavy atom. The number of carbonyl (C=O) groups excluding carboxylic acids is 1. The lowest BCUT2D eigenvalue weighted by Gasteiger charge is -2.28. The minimum atomic E-state index is -1.22. The van der Waals surface area contributed by atoms with E-state index >= 15 is 0 Å². The second kappa shape index (κ2) is 7.09. The zero-order chi connectivity index (χ0) is 14.5. The topological polar surface area (TPSA) is 55.8 Å². The van der Waals surface area contributed by atoms with Gasteiger partial charge in [-0.25, -0.2) is 4.79 Å². The van der Waals surface area contributed by atoms with E-state index in [1.54, 1.807) is 0 Å². The van der Waals surface area contributed by atoms with Gasteiger partial charge in [0, 0.05) is 4.47 Å². The van der Waals surface area contributed by atoms with Crippen LogP contribution in [0.4, 0.5) is 0 Å². The van der Waals surface area contributed by atoms with Crippen molar-refractivity contribution in [2.45, 2.75) is 44.8 Å². The maximum atomic E-state index is 11.7. The molecule has 2 rings (SSSR count). The van der Waals surface area contributed by atoms with Crippen LogP contribution < -0.4 is 4.74 Å². The summed E-state index contributed by atoms with van der Waals surface area (Å²) in [6.45, 7) is 2.37. The highest BCUT2D eigenvalue weighted by molar-refractivity contribution is 9.10. The Kier molecular flexibility index (Phi) is 5.43. The summed E-state index contributed by atoms with van der Waals surface area (Å²) >= 11 is 3.41. The summed E-state index contributed by atoms with van der Waals surface area (Å²) in [5, 5.41) is 10.0. The smallest absolute Gasteiger partial charge is 0.338 e. The molecule has 0 aromatic heterocycles. The number of benzene rings is 1. The Bertz CT molecular complexity index is 475. The summed E-state index contributed by atoms with van der Waals surface area (Å²) in [6, 6.07) is 5.73. The molecule has 1 aromatic rings. The van der Waals surface area contributed by atoms with E-state index in [-0.39, 0.29) is 0 Å². The van der Waals surface area contributed by atoms with Crippen LogP contribution in [0.3, 0.4) is 0 Å². The monoisotopic (exact) mass is 342 g/mol. The van der Waals surface area contributed by atoms with Gasteiger partial charge in [0.2, 0.25) is 0 Å². The Labute approximate surface area is 127 Å². The molecule has 1 aliphatic rings. The van der Waals surface area contributed by atoms with E-state index in [2.05, 4.69) is 15.9 Å². The van der Waals surface area contributed by atoms with Crippen molar-refractivity contribution in [1.82, 2.24) is 0 Å². The fourth-order valence-electron chi connectivity index (χ4n) is 2.15. The van der Waals surface area contributed by atoms with Gasteiger partial charge in [0.05, 0.1) is 6.61 Å². The zero-order valence-electron chi connectivity index (χ0n) is 11.5. The van der Waals surface area contributed by atoms with E-state index in [0.717, 1.165) is 35.0 Å². The van der Waals surface area contributed by atoms with Crippen LogP contribution in [0.25, 0.3) is 0 Å². The fraction of sp³-hybridized carbons (Fsp3) is 0.533. The van der Waals surface area contributed by atoms with Crippen LogP contribution in [-0.4, -0.2) is 29.9 Å². The van der Waals surface area contributed by atoms with Crippen molar-refractivity contribution in [1.29, 1.82) is 0 Å². The van der Waals surface area contributed by atoms with Gasteiger partial charge >= 0.3 is 5.97 Å². The second-order valence-electron chi connectivity index (χ2n) is 4.91. The number of halogens is 1. The molecular weight excluding hydrogens is 324 g/mol. The molecule has 4 nitrogen and oxygen atoms in total. The molecule has 0 saturated carbocycles. The molecule has 0 spiro atoms. The number of aliphatic hydroxyl groups is 1. The molecule has 5 heteroatoms. The molecule has 2 atom stereocenters. The summed E-state index contributed by atoms with van der Waals surface area (Å²) < 4.78 is 11.7. The number of unbranched alkanes of at least 4 members (excludes halogenated alkanes) is 1. The van der Waals surface area contributed by atoms with Crippen molar-refractivity contribution in [2.24, 2.45) is 0 Å². The average Bonchev–Trinajstić information content (AvgIpc) is 2.46. The Morgan fingerprint density at radius 1 is 1.60 bits per heavy atom. The molecule has 0 bridgehead atoms.